The third-order valence-corrected chi connectivity index (χ3v) is 3.22. The Kier molecular flexibility index (Phi) is 4.95. The smallest absolute Gasteiger partial charge is 0.234 e. The maximum absolute atomic E-state index is 11.9. The van der Waals surface area contributed by atoms with Crippen LogP contribution in [0.25, 0.3) is 0 Å². The van der Waals surface area contributed by atoms with Gasteiger partial charge in [0.05, 0.1) is 18.8 Å². The zero-order valence-corrected chi connectivity index (χ0v) is 11.7. The van der Waals surface area contributed by atoms with Gasteiger partial charge in [-0.05, 0) is 34.1 Å². The number of rotatable bonds is 4. The second-order valence-corrected chi connectivity index (χ2v) is 5.74. The van der Waals surface area contributed by atoms with Crippen molar-refractivity contribution >= 4 is 5.91 Å². The number of hydrogen-bond donors (Lipinski definition) is 1. The molecule has 1 fully saturated rings. The first kappa shape index (κ1) is 14.5. The molecular formula is C13H26N2O2. The molecule has 4 nitrogen and oxygen atoms in total. The first-order valence-electron chi connectivity index (χ1n) is 6.51. The molecule has 2 atom stereocenters. The van der Waals surface area contributed by atoms with Gasteiger partial charge >= 0.3 is 0 Å². The molecule has 1 rings (SSSR count). The van der Waals surface area contributed by atoms with E-state index in [1.807, 2.05) is 0 Å². The van der Waals surface area contributed by atoms with Gasteiger partial charge in [0.1, 0.15) is 0 Å². The van der Waals surface area contributed by atoms with Crippen LogP contribution in [0.2, 0.25) is 0 Å². The number of nitrogens with zero attached hydrogens (tertiary/aromatic N) is 1. The number of morpholine rings is 1. The highest BCUT2D eigenvalue weighted by molar-refractivity contribution is 5.78. The molecule has 1 N–H and O–H groups in total. The van der Waals surface area contributed by atoms with Crippen molar-refractivity contribution in [2.45, 2.75) is 58.8 Å². The summed E-state index contributed by atoms with van der Waals surface area (Å²) in [4.78, 5) is 14.1. The average molecular weight is 242 g/mol. The largest absolute Gasteiger partial charge is 0.373 e. The van der Waals surface area contributed by atoms with Crippen molar-refractivity contribution in [1.29, 1.82) is 0 Å². The van der Waals surface area contributed by atoms with Crippen molar-refractivity contribution < 1.29 is 9.53 Å². The molecule has 100 valence electrons. The van der Waals surface area contributed by atoms with Crippen molar-refractivity contribution in [2.75, 3.05) is 19.6 Å². The van der Waals surface area contributed by atoms with E-state index < -0.39 is 0 Å². The summed E-state index contributed by atoms with van der Waals surface area (Å²) in [7, 11) is 0. The normalized spacial score (nSPS) is 26.9. The van der Waals surface area contributed by atoms with Crippen LogP contribution in [0.15, 0.2) is 0 Å². The van der Waals surface area contributed by atoms with Crippen LogP contribution < -0.4 is 5.32 Å². The van der Waals surface area contributed by atoms with Crippen molar-refractivity contribution in [1.82, 2.24) is 10.2 Å². The summed E-state index contributed by atoms with van der Waals surface area (Å²) < 4.78 is 5.65. The summed E-state index contributed by atoms with van der Waals surface area (Å²) in [5.74, 6) is 0.109. The van der Waals surface area contributed by atoms with E-state index >= 15 is 0 Å². The minimum absolute atomic E-state index is 0.109. The Morgan fingerprint density at radius 1 is 1.35 bits per heavy atom. The lowest BCUT2D eigenvalue weighted by molar-refractivity contribution is -0.127. The lowest BCUT2D eigenvalue weighted by Gasteiger charge is -2.35. The number of ether oxygens (including phenoxy) is 1. The van der Waals surface area contributed by atoms with Crippen LogP contribution in [-0.2, 0) is 9.53 Å². The van der Waals surface area contributed by atoms with Crippen LogP contribution in [0.1, 0.15) is 41.0 Å². The fraction of sp³-hybridized carbons (Fsp3) is 0.923. The predicted molar refractivity (Wildman–Crippen MR) is 69.0 cm³/mol. The predicted octanol–water partition coefficient (Wildman–Crippen LogP) is 1.40. The van der Waals surface area contributed by atoms with Crippen LogP contribution in [0.5, 0.6) is 0 Å². The minimum Gasteiger partial charge on any atom is -0.373 e. The van der Waals surface area contributed by atoms with Gasteiger partial charge in [0.15, 0.2) is 0 Å². The first-order valence-corrected chi connectivity index (χ1v) is 6.51. The molecule has 4 heteroatoms. The van der Waals surface area contributed by atoms with Crippen molar-refractivity contribution in [3.05, 3.63) is 0 Å². The van der Waals surface area contributed by atoms with Gasteiger partial charge in [0.25, 0.3) is 0 Å². The SMILES string of the molecule is CCC(C)(C)NC(=O)CN1CC(C)OC(C)C1. The molecule has 1 aliphatic heterocycles. The second kappa shape index (κ2) is 5.83. The standard InChI is InChI=1S/C13H26N2O2/c1-6-13(4,5)14-12(16)9-15-7-10(2)17-11(3)8-15/h10-11H,6-9H2,1-5H3,(H,14,16). The lowest BCUT2D eigenvalue weighted by atomic mass is 10.0. The molecule has 0 bridgehead atoms. The van der Waals surface area contributed by atoms with E-state index in [1.165, 1.54) is 0 Å². The molecule has 1 saturated heterocycles. The van der Waals surface area contributed by atoms with Crippen LogP contribution in [0, 0.1) is 0 Å². The highest BCUT2D eigenvalue weighted by Gasteiger charge is 2.25. The topological polar surface area (TPSA) is 41.6 Å². The second-order valence-electron chi connectivity index (χ2n) is 5.74. The number of carbonyl (C=O) groups excluding carboxylic acids is 1. The Hall–Kier alpha value is -0.610. The summed E-state index contributed by atoms with van der Waals surface area (Å²) in [5.41, 5.74) is -0.111. The molecule has 1 heterocycles. The van der Waals surface area contributed by atoms with Crippen LogP contribution >= 0.6 is 0 Å². The van der Waals surface area contributed by atoms with Gasteiger partial charge in [-0.25, -0.2) is 0 Å². The van der Waals surface area contributed by atoms with Crippen LogP contribution in [0.4, 0.5) is 0 Å². The van der Waals surface area contributed by atoms with Gasteiger partial charge in [-0.1, -0.05) is 6.92 Å². The zero-order chi connectivity index (χ0) is 13.1. The van der Waals surface area contributed by atoms with Gasteiger partial charge in [-0.15, -0.1) is 0 Å². The van der Waals surface area contributed by atoms with E-state index in [1.54, 1.807) is 0 Å². The average Bonchev–Trinajstić information content (AvgIpc) is 2.14. The maximum atomic E-state index is 11.9. The Labute approximate surface area is 105 Å². The molecule has 0 aromatic rings. The summed E-state index contributed by atoms with van der Waals surface area (Å²) in [5, 5.41) is 3.06. The molecule has 0 aromatic heterocycles. The summed E-state index contributed by atoms with van der Waals surface area (Å²) in [6.45, 7) is 12.4. The van der Waals surface area contributed by atoms with E-state index in [9.17, 15) is 4.79 Å². The van der Waals surface area contributed by atoms with Crippen LogP contribution in [-0.4, -0.2) is 48.2 Å². The van der Waals surface area contributed by atoms with E-state index in [0.717, 1.165) is 19.5 Å². The fourth-order valence-corrected chi connectivity index (χ4v) is 2.12. The minimum atomic E-state index is -0.111. The molecule has 17 heavy (non-hydrogen) atoms. The van der Waals surface area contributed by atoms with Crippen molar-refractivity contribution in [3.8, 4) is 0 Å². The maximum Gasteiger partial charge on any atom is 0.234 e. The zero-order valence-electron chi connectivity index (χ0n) is 11.7. The quantitative estimate of drug-likeness (QED) is 0.810. The number of carbonyl (C=O) groups is 1. The summed E-state index contributed by atoms with van der Waals surface area (Å²) in [6.07, 6.45) is 1.37. The van der Waals surface area contributed by atoms with E-state index in [2.05, 4.69) is 44.8 Å². The Bertz CT molecular complexity index is 256. The highest BCUT2D eigenvalue weighted by atomic mass is 16.5. The van der Waals surface area contributed by atoms with E-state index in [4.69, 9.17) is 4.74 Å². The van der Waals surface area contributed by atoms with Gasteiger partial charge < -0.3 is 10.1 Å². The van der Waals surface area contributed by atoms with E-state index in [-0.39, 0.29) is 23.7 Å². The monoisotopic (exact) mass is 242 g/mol. The molecule has 1 aliphatic rings. The molecule has 0 spiro atoms. The summed E-state index contributed by atoms with van der Waals surface area (Å²) in [6, 6.07) is 0. The molecule has 0 radical (unpaired) electrons. The van der Waals surface area contributed by atoms with E-state index in [0.29, 0.717) is 6.54 Å². The molecule has 0 aliphatic carbocycles. The Morgan fingerprint density at radius 2 is 1.88 bits per heavy atom. The Morgan fingerprint density at radius 3 is 2.35 bits per heavy atom. The Balaban J connectivity index is 2.40. The third-order valence-electron chi connectivity index (χ3n) is 3.22. The molecular weight excluding hydrogens is 216 g/mol. The van der Waals surface area contributed by atoms with Crippen molar-refractivity contribution in [2.24, 2.45) is 0 Å². The molecule has 2 unspecified atom stereocenters. The van der Waals surface area contributed by atoms with Gasteiger partial charge in [-0.3, -0.25) is 9.69 Å². The third kappa shape index (κ3) is 5.04. The number of nitrogens with one attached hydrogen (secondary N) is 1. The highest BCUT2D eigenvalue weighted by Crippen LogP contribution is 2.11. The molecule has 0 saturated carbocycles. The lowest BCUT2D eigenvalue weighted by Crippen LogP contribution is -2.52. The molecule has 0 aromatic carbocycles. The van der Waals surface area contributed by atoms with Gasteiger partial charge in [-0.2, -0.15) is 0 Å². The van der Waals surface area contributed by atoms with Gasteiger partial charge in [0.2, 0.25) is 5.91 Å². The van der Waals surface area contributed by atoms with Gasteiger partial charge in [0, 0.05) is 18.6 Å². The van der Waals surface area contributed by atoms with Crippen LogP contribution in [0.3, 0.4) is 0 Å². The number of amides is 1. The van der Waals surface area contributed by atoms with Crippen molar-refractivity contribution in [3.63, 3.8) is 0 Å². The fourth-order valence-electron chi connectivity index (χ4n) is 2.12. The molecule has 1 amide bonds. The number of hydrogen-bond acceptors (Lipinski definition) is 3. The first-order chi connectivity index (χ1) is 7.82. The summed E-state index contributed by atoms with van der Waals surface area (Å²) >= 11 is 0.